The van der Waals surface area contributed by atoms with Crippen LogP contribution >= 0.6 is 0 Å². The average Bonchev–Trinajstić information content (AvgIpc) is 2.67. The fraction of sp³-hybridized carbons (Fsp3) is 0. The normalized spacial score (nSPS) is 10.6. The molecule has 0 saturated heterocycles. The van der Waals surface area contributed by atoms with Crippen molar-refractivity contribution < 1.29 is 4.92 Å². The van der Waals surface area contributed by atoms with E-state index in [1.54, 1.807) is 18.2 Å². The third-order valence-corrected chi connectivity index (χ3v) is 3.58. The summed E-state index contributed by atoms with van der Waals surface area (Å²) in [7, 11) is 0. The number of nitro groups is 1. The van der Waals surface area contributed by atoms with E-state index in [-0.39, 0.29) is 5.69 Å². The van der Waals surface area contributed by atoms with E-state index < -0.39 is 4.92 Å². The van der Waals surface area contributed by atoms with E-state index in [9.17, 15) is 10.1 Å². The van der Waals surface area contributed by atoms with E-state index in [4.69, 9.17) is 0 Å². The number of nitro benzene ring substituents is 1. The molecule has 3 rings (SSSR count). The Labute approximate surface area is 145 Å². The molecule has 0 unspecified atom stereocenters. The van der Waals surface area contributed by atoms with Gasteiger partial charge in [0.2, 0.25) is 0 Å². The highest BCUT2D eigenvalue weighted by Gasteiger charge is 2.10. The Kier molecular flexibility index (Phi) is 5.07. The summed E-state index contributed by atoms with van der Waals surface area (Å²) >= 11 is 0. The molecule has 0 aromatic heterocycles. The second-order valence-electron chi connectivity index (χ2n) is 5.24. The molecular weight excluding hydrogens is 314 g/mol. The number of para-hydroxylation sites is 1. The van der Waals surface area contributed by atoms with Gasteiger partial charge in [0, 0.05) is 17.2 Å². The Hall–Kier alpha value is -3.60. The van der Waals surface area contributed by atoms with E-state index >= 15 is 0 Å². The van der Waals surface area contributed by atoms with Gasteiger partial charge in [-0.2, -0.15) is 5.10 Å². The van der Waals surface area contributed by atoms with Crippen LogP contribution < -0.4 is 0 Å². The van der Waals surface area contributed by atoms with Crippen molar-refractivity contribution in [3.63, 3.8) is 0 Å². The minimum absolute atomic E-state index is 0.00224. The number of rotatable bonds is 5. The fourth-order valence-corrected chi connectivity index (χ4v) is 2.39. The third-order valence-electron chi connectivity index (χ3n) is 3.58. The van der Waals surface area contributed by atoms with E-state index in [0.29, 0.717) is 11.3 Å². The van der Waals surface area contributed by atoms with Crippen molar-refractivity contribution in [1.82, 2.24) is 0 Å². The first-order chi connectivity index (χ1) is 12.3. The van der Waals surface area contributed by atoms with Crippen LogP contribution in [0.15, 0.2) is 95.1 Å². The van der Waals surface area contributed by atoms with Gasteiger partial charge in [0.1, 0.15) is 5.71 Å². The van der Waals surface area contributed by atoms with E-state index in [1.807, 2.05) is 60.7 Å². The third kappa shape index (κ3) is 4.03. The van der Waals surface area contributed by atoms with Crippen molar-refractivity contribution >= 4 is 17.6 Å². The lowest BCUT2D eigenvalue weighted by Gasteiger charge is -2.05. The molecule has 5 heteroatoms. The number of hydrogen-bond acceptors (Lipinski definition) is 4. The predicted molar refractivity (Wildman–Crippen MR) is 99.2 cm³/mol. The van der Waals surface area contributed by atoms with Gasteiger partial charge in [-0.15, -0.1) is 5.10 Å². The van der Waals surface area contributed by atoms with Crippen LogP contribution in [0.5, 0.6) is 0 Å². The van der Waals surface area contributed by atoms with Crippen molar-refractivity contribution in [2.24, 2.45) is 10.2 Å². The Morgan fingerprint density at radius 1 is 0.800 bits per heavy atom. The summed E-state index contributed by atoms with van der Waals surface area (Å²) in [6.07, 6.45) is 1.41. The molecule has 0 aliphatic heterocycles. The van der Waals surface area contributed by atoms with Gasteiger partial charge in [-0.1, -0.05) is 72.8 Å². The maximum Gasteiger partial charge on any atom is 0.278 e. The summed E-state index contributed by atoms with van der Waals surface area (Å²) in [5, 5.41) is 19.5. The molecule has 3 aromatic rings. The molecule has 0 atom stereocenters. The molecule has 0 N–H and O–H groups in total. The van der Waals surface area contributed by atoms with Gasteiger partial charge in [-0.05, 0) is 6.07 Å². The Bertz CT molecular complexity index is 878. The summed E-state index contributed by atoms with van der Waals surface area (Å²) in [6.45, 7) is 0. The van der Waals surface area contributed by atoms with Crippen LogP contribution in [0, 0.1) is 10.1 Å². The lowest BCUT2D eigenvalue weighted by Crippen LogP contribution is -2.02. The molecule has 0 saturated carbocycles. The SMILES string of the molecule is O=[N+]([O-])c1ccccc1C=NN=C(c1ccccc1)c1ccccc1. The van der Waals surface area contributed by atoms with Gasteiger partial charge in [0.05, 0.1) is 16.7 Å². The largest absolute Gasteiger partial charge is 0.278 e. The molecule has 25 heavy (non-hydrogen) atoms. The highest BCUT2D eigenvalue weighted by molar-refractivity contribution is 6.13. The molecule has 0 bridgehead atoms. The lowest BCUT2D eigenvalue weighted by molar-refractivity contribution is -0.385. The summed E-state index contributed by atoms with van der Waals surface area (Å²) in [4.78, 5) is 10.6. The summed E-state index contributed by atoms with van der Waals surface area (Å²) < 4.78 is 0. The quantitative estimate of drug-likeness (QED) is 0.394. The van der Waals surface area contributed by atoms with Crippen LogP contribution in [0.3, 0.4) is 0 Å². The highest BCUT2D eigenvalue weighted by Crippen LogP contribution is 2.16. The zero-order valence-corrected chi connectivity index (χ0v) is 13.3. The van der Waals surface area contributed by atoms with Gasteiger partial charge < -0.3 is 0 Å². The topological polar surface area (TPSA) is 67.9 Å². The minimum Gasteiger partial charge on any atom is -0.258 e. The average molecular weight is 329 g/mol. The Morgan fingerprint density at radius 2 is 1.32 bits per heavy atom. The van der Waals surface area contributed by atoms with E-state index in [0.717, 1.165) is 11.1 Å². The maximum absolute atomic E-state index is 11.1. The molecule has 3 aromatic carbocycles. The van der Waals surface area contributed by atoms with Gasteiger partial charge in [0.25, 0.3) is 5.69 Å². The van der Waals surface area contributed by atoms with Crippen LogP contribution in [-0.2, 0) is 0 Å². The van der Waals surface area contributed by atoms with Crippen molar-refractivity contribution in [3.05, 3.63) is 112 Å². The minimum atomic E-state index is -0.430. The smallest absolute Gasteiger partial charge is 0.258 e. The van der Waals surface area contributed by atoms with Gasteiger partial charge in [-0.3, -0.25) is 10.1 Å². The standard InChI is InChI=1S/C20H15N3O2/c24-23(25)19-14-8-7-13-18(19)15-21-22-20(16-9-3-1-4-10-16)17-11-5-2-6-12-17/h1-15H. The fourth-order valence-electron chi connectivity index (χ4n) is 2.39. The molecule has 0 radical (unpaired) electrons. The van der Waals surface area contributed by atoms with Crippen LogP contribution in [0.25, 0.3) is 0 Å². The van der Waals surface area contributed by atoms with E-state index in [1.165, 1.54) is 12.3 Å². The first-order valence-corrected chi connectivity index (χ1v) is 7.71. The van der Waals surface area contributed by atoms with Gasteiger partial charge >= 0.3 is 0 Å². The summed E-state index contributed by atoms with van der Waals surface area (Å²) in [6, 6.07) is 25.8. The predicted octanol–water partition coefficient (Wildman–Crippen LogP) is 4.47. The molecule has 0 aliphatic carbocycles. The first kappa shape index (κ1) is 16.3. The molecule has 0 fully saturated rings. The second-order valence-corrected chi connectivity index (χ2v) is 5.24. The van der Waals surface area contributed by atoms with Gasteiger partial charge in [0.15, 0.2) is 0 Å². The van der Waals surface area contributed by atoms with Crippen LogP contribution in [-0.4, -0.2) is 16.8 Å². The van der Waals surface area contributed by atoms with Crippen molar-refractivity contribution in [3.8, 4) is 0 Å². The maximum atomic E-state index is 11.1. The van der Waals surface area contributed by atoms with Crippen LogP contribution in [0.2, 0.25) is 0 Å². The van der Waals surface area contributed by atoms with Crippen molar-refractivity contribution in [2.75, 3.05) is 0 Å². The Balaban J connectivity index is 1.99. The molecule has 0 aliphatic rings. The number of nitrogens with zero attached hydrogens (tertiary/aromatic N) is 3. The monoisotopic (exact) mass is 329 g/mol. The lowest BCUT2D eigenvalue weighted by atomic mass is 10.0. The van der Waals surface area contributed by atoms with E-state index in [2.05, 4.69) is 10.2 Å². The molecular formula is C20H15N3O2. The zero-order valence-electron chi connectivity index (χ0n) is 13.3. The zero-order chi connectivity index (χ0) is 17.5. The molecule has 122 valence electrons. The summed E-state index contributed by atoms with van der Waals surface area (Å²) in [5.74, 6) is 0. The molecule has 0 heterocycles. The molecule has 5 nitrogen and oxygen atoms in total. The van der Waals surface area contributed by atoms with Crippen molar-refractivity contribution in [1.29, 1.82) is 0 Å². The molecule has 0 spiro atoms. The number of benzene rings is 3. The second kappa shape index (κ2) is 7.79. The van der Waals surface area contributed by atoms with Crippen LogP contribution in [0.1, 0.15) is 16.7 Å². The first-order valence-electron chi connectivity index (χ1n) is 7.71. The van der Waals surface area contributed by atoms with Crippen LogP contribution in [0.4, 0.5) is 5.69 Å². The van der Waals surface area contributed by atoms with Crippen molar-refractivity contribution in [2.45, 2.75) is 0 Å². The highest BCUT2D eigenvalue weighted by atomic mass is 16.6. The van der Waals surface area contributed by atoms with Gasteiger partial charge in [-0.25, -0.2) is 0 Å². The molecule has 0 amide bonds. The number of hydrogen-bond donors (Lipinski definition) is 0. The summed E-state index contributed by atoms with van der Waals surface area (Å²) in [5.41, 5.74) is 2.97. The Morgan fingerprint density at radius 3 is 1.88 bits per heavy atom.